The van der Waals surface area contributed by atoms with E-state index in [4.69, 9.17) is 0 Å². The van der Waals surface area contributed by atoms with Crippen molar-refractivity contribution >= 4 is 38.9 Å². The Bertz CT molecular complexity index is 1360. The Kier molecular flexibility index (Phi) is 5.91. The molecule has 3 heterocycles. The first-order valence-corrected chi connectivity index (χ1v) is 13.5. The number of anilines is 1. The summed E-state index contributed by atoms with van der Waals surface area (Å²) in [5.41, 5.74) is 2.03. The number of thiophene rings is 1. The van der Waals surface area contributed by atoms with E-state index in [1.165, 1.54) is 27.8 Å². The van der Waals surface area contributed by atoms with Crippen LogP contribution in [0.5, 0.6) is 0 Å². The van der Waals surface area contributed by atoms with E-state index in [1.807, 2.05) is 43.3 Å². The molecule has 0 saturated carbocycles. The number of fused-ring (bicyclic) bond motifs is 1. The standard InChI is InChI=1S/C25H25N3O4S2/c1-18-9-10-23(33-18)25(30)27-15-13-26(14-16-27)24(29)20-6-4-7-21(17-20)34(31,32)28-12-11-19-5-2-3-8-22(19)28/h2-10,17H,11-16H2,1H3. The summed E-state index contributed by atoms with van der Waals surface area (Å²) in [4.78, 5) is 31.2. The summed E-state index contributed by atoms with van der Waals surface area (Å²) in [5.74, 6) is -0.234. The molecule has 34 heavy (non-hydrogen) atoms. The second-order valence-corrected chi connectivity index (χ2v) is 11.6. The number of carbonyl (C=O) groups excluding carboxylic acids is 2. The molecule has 0 spiro atoms. The van der Waals surface area contributed by atoms with Gasteiger partial charge in [0.2, 0.25) is 0 Å². The number of para-hydroxylation sites is 1. The van der Waals surface area contributed by atoms with Gasteiger partial charge in [-0.2, -0.15) is 0 Å². The third-order valence-electron chi connectivity index (χ3n) is 6.32. The van der Waals surface area contributed by atoms with E-state index >= 15 is 0 Å². The predicted molar refractivity (Wildman–Crippen MR) is 132 cm³/mol. The molecule has 0 N–H and O–H groups in total. The lowest BCUT2D eigenvalue weighted by atomic mass is 10.2. The van der Waals surface area contributed by atoms with Gasteiger partial charge in [-0.1, -0.05) is 24.3 Å². The number of hydrogen-bond donors (Lipinski definition) is 0. The number of amides is 2. The maximum Gasteiger partial charge on any atom is 0.264 e. The monoisotopic (exact) mass is 495 g/mol. The molecule has 3 aromatic rings. The number of sulfonamides is 1. The maximum absolute atomic E-state index is 13.4. The summed E-state index contributed by atoms with van der Waals surface area (Å²) in [6.07, 6.45) is 0.669. The minimum Gasteiger partial charge on any atom is -0.335 e. The van der Waals surface area contributed by atoms with Gasteiger partial charge in [0.05, 0.1) is 15.5 Å². The van der Waals surface area contributed by atoms with Gasteiger partial charge in [-0.3, -0.25) is 13.9 Å². The summed E-state index contributed by atoms with van der Waals surface area (Å²) >= 11 is 1.47. The van der Waals surface area contributed by atoms with Crippen molar-refractivity contribution in [1.82, 2.24) is 9.80 Å². The fraction of sp³-hybridized carbons (Fsp3) is 0.280. The van der Waals surface area contributed by atoms with E-state index in [9.17, 15) is 18.0 Å². The first kappa shape index (κ1) is 22.6. The molecule has 9 heteroatoms. The molecule has 1 aromatic heterocycles. The second kappa shape index (κ2) is 8.88. The molecule has 0 aliphatic carbocycles. The van der Waals surface area contributed by atoms with Crippen molar-refractivity contribution < 1.29 is 18.0 Å². The molecule has 1 saturated heterocycles. The van der Waals surface area contributed by atoms with E-state index < -0.39 is 10.0 Å². The van der Waals surface area contributed by atoms with Crippen molar-refractivity contribution in [3.05, 3.63) is 81.5 Å². The zero-order chi connectivity index (χ0) is 23.9. The molecule has 2 aliphatic rings. The highest BCUT2D eigenvalue weighted by atomic mass is 32.2. The highest BCUT2D eigenvalue weighted by molar-refractivity contribution is 7.92. The van der Waals surface area contributed by atoms with Gasteiger partial charge in [0.1, 0.15) is 0 Å². The lowest BCUT2D eigenvalue weighted by Crippen LogP contribution is -2.50. The highest BCUT2D eigenvalue weighted by Gasteiger charge is 2.32. The number of rotatable bonds is 4. The Balaban J connectivity index is 1.29. The second-order valence-electron chi connectivity index (χ2n) is 8.48. The molecular formula is C25H25N3O4S2. The summed E-state index contributed by atoms with van der Waals surface area (Å²) in [6, 6.07) is 17.5. The number of nitrogens with zero attached hydrogens (tertiary/aromatic N) is 3. The highest BCUT2D eigenvalue weighted by Crippen LogP contribution is 2.33. The topological polar surface area (TPSA) is 78.0 Å². The van der Waals surface area contributed by atoms with Crippen LogP contribution >= 0.6 is 11.3 Å². The molecule has 7 nitrogen and oxygen atoms in total. The van der Waals surface area contributed by atoms with Crippen molar-refractivity contribution in [2.45, 2.75) is 18.2 Å². The van der Waals surface area contributed by atoms with Gasteiger partial charge >= 0.3 is 0 Å². The van der Waals surface area contributed by atoms with Crippen LogP contribution in [0.2, 0.25) is 0 Å². The molecule has 0 unspecified atom stereocenters. The van der Waals surface area contributed by atoms with Gasteiger partial charge in [-0.15, -0.1) is 11.3 Å². The smallest absolute Gasteiger partial charge is 0.264 e. The lowest BCUT2D eigenvalue weighted by Gasteiger charge is -2.34. The van der Waals surface area contributed by atoms with Gasteiger partial charge in [-0.05, 0) is 55.3 Å². The van der Waals surface area contributed by atoms with E-state index in [2.05, 4.69) is 0 Å². The Morgan fingerprint density at radius 1 is 0.824 bits per heavy atom. The van der Waals surface area contributed by atoms with Crippen LogP contribution in [-0.4, -0.2) is 62.8 Å². The lowest BCUT2D eigenvalue weighted by molar-refractivity contribution is 0.0538. The third-order valence-corrected chi connectivity index (χ3v) is 9.12. The van der Waals surface area contributed by atoms with Crippen LogP contribution in [0.4, 0.5) is 5.69 Å². The molecule has 2 amide bonds. The van der Waals surface area contributed by atoms with E-state index in [0.717, 1.165) is 10.4 Å². The molecule has 5 rings (SSSR count). The van der Waals surface area contributed by atoms with Crippen LogP contribution in [-0.2, 0) is 16.4 Å². The van der Waals surface area contributed by atoms with Gasteiger partial charge in [0.25, 0.3) is 21.8 Å². The van der Waals surface area contributed by atoms with Gasteiger partial charge < -0.3 is 9.80 Å². The summed E-state index contributed by atoms with van der Waals surface area (Å²) in [6.45, 7) is 4.07. The van der Waals surface area contributed by atoms with Crippen LogP contribution in [0.3, 0.4) is 0 Å². The minimum absolute atomic E-state index is 0.0100. The van der Waals surface area contributed by atoms with Crippen LogP contribution in [0.1, 0.15) is 30.5 Å². The van der Waals surface area contributed by atoms with Gasteiger partial charge in [0.15, 0.2) is 0 Å². The van der Waals surface area contributed by atoms with Crippen LogP contribution in [0.15, 0.2) is 65.6 Å². The Hall–Kier alpha value is -3.17. The molecule has 2 aromatic carbocycles. The number of benzene rings is 2. The van der Waals surface area contributed by atoms with Crippen molar-refractivity contribution in [3.63, 3.8) is 0 Å². The summed E-state index contributed by atoms with van der Waals surface area (Å²) in [7, 11) is -3.78. The van der Waals surface area contributed by atoms with Crippen molar-refractivity contribution in [2.24, 2.45) is 0 Å². The molecule has 176 valence electrons. The normalized spacial score (nSPS) is 16.0. The van der Waals surface area contributed by atoms with Crippen molar-refractivity contribution in [2.75, 3.05) is 37.0 Å². The van der Waals surface area contributed by atoms with Crippen molar-refractivity contribution in [1.29, 1.82) is 0 Å². The Morgan fingerprint density at radius 3 is 2.24 bits per heavy atom. The molecule has 0 atom stereocenters. The molecule has 0 radical (unpaired) electrons. The van der Waals surface area contributed by atoms with E-state index in [-0.39, 0.29) is 16.7 Å². The first-order valence-electron chi connectivity index (χ1n) is 11.2. The van der Waals surface area contributed by atoms with Crippen LogP contribution < -0.4 is 4.31 Å². The van der Waals surface area contributed by atoms with Gasteiger partial charge in [0, 0.05) is 43.2 Å². The van der Waals surface area contributed by atoms with E-state index in [0.29, 0.717) is 55.3 Å². The number of piperazine rings is 1. The average molecular weight is 496 g/mol. The Morgan fingerprint density at radius 2 is 1.53 bits per heavy atom. The average Bonchev–Trinajstić information content (AvgIpc) is 3.50. The SMILES string of the molecule is Cc1ccc(C(=O)N2CCN(C(=O)c3cccc(S(=O)(=O)N4CCc5ccccc54)c3)CC2)s1. The minimum atomic E-state index is -3.78. The maximum atomic E-state index is 13.4. The van der Waals surface area contributed by atoms with E-state index in [1.54, 1.807) is 21.9 Å². The number of carbonyl (C=O) groups is 2. The largest absolute Gasteiger partial charge is 0.335 e. The fourth-order valence-electron chi connectivity index (χ4n) is 4.47. The quantitative estimate of drug-likeness (QED) is 0.556. The zero-order valence-corrected chi connectivity index (χ0v) is 20.4. The molecule has 2 aliphatic heterocycles. The Labute approximate surface area is 203 Å². The summed E-state index contributed by atoms with van der Waals surface area (Å²) in [5, 5.41) is 0. The predicted octanol–water partition coefficient (Wildman–Crippen LogP) is 3.41. The summed E-state index contributed by atoms with van der Waals surface area (Å²) < 4.78 is 28.1. The van der Waals surface area contributed by atoms with Crippen molar-refractivity contribution in [3.8, 4) is 0 Å². The first-order chi connectivity index (χ1) is 16.3. The molecule has 0 bridgehead atoms. The fourth-order valence-corrected chi connectivity index (χ4v) is 6.86. The van der Waals surface area contributed by atoms with Crippen LogP contribution in [0.25, 0.3) is 0 Å². The third kappa shape index (κ3) is 4.10. The van der Waals surface area contributed by atoms with Crippen LogP contribution in [0, 0.1) is 6.92 Å². The van der Waals surface area contributed by atoms with Gasteiger partial charge in [-0.25, -0.2) is 8.42 Å². The number of hydrogen-bond acceptors (Lipinski definition) is 5. The molecular weight excluding hydrogens is 470 g/mol. The zero-order valence-electron chi connectivity index (χ0n) is 18.8. The molecule has 1 fully saturated rings. The number of aryl methyl sites for hydroxylation is 1.